The number of aryl methyl sites for hydroxylation is 2. The molecule has 0 atom stereocenters. The van der Waals surface area contributed by atoms with E-state index in [1.807, 2.05) is 10.9 Å². The molecule has 1 fully saturated rings. The van der Waals surface area contributed by atoms with Crippen molar-refractivity contribution in [1.29, 1.82) is 0 Å². The second-order valence-electron chi connectivity index (χ2n) is 7.15. The number of nitrogens with one attached hydrogen (secondary N) is 2. The normalized spacial score (nSPS) is 15.0. The van der Waals surface area contributed by atoms with Crippen molar-refractivity contribution in [2.45, 2.75) is 52.2 Å². The summed E-state index contributed by atoms with van der Waals surface area (Å²) in [6.07, 6.45) is 6.03. The second kappa shape index (κ2) is 8.65. The van der Waals surface area contributed by atoms with E-state index in [1.54, 1.807) is 12.1 Å². The van der Waals surface area contributed by atoms with Crippen LogP contribution in [0.15, 0.2) is 29.0 Å². The molecule has 1 aliphatic rings. The Labute approximate surface area is 169 Å². The lowest BCUT2D eigenvalue weighted by Crippen LogP contribution is -2.30. The number of fused-ring (bicyclic) bond motifs is 1. The number of hydrogen-bond donors (Lipinski definition) is 2. The Morgan fingerprint density at radius 3 is 2.83 bits per heavy atom. The average Bonchev–Trinajstić information content (AvgIpc) is 3.43. The Morgan fingerprint density at radius 2 is 2.14 bits per heavy atom. The van der Waals surface area contributed by atoms with Crippen molar-refractivity contribution in [2.75, 3.05) is 18.5 Å². The van der Waals surface area contributed by atoms with Crippen LogP contribution < -0.4 is 10.6 Å². The number of carbonyl (C=O) groups excluding carboxylic acids is 1. The molecule has 4 rings (SSSR count). The van der Waals surface area contributed by atoms with Crippen LogP contribution in [0.3, 0.4) is 0 Å². The standard InChI is InChI=1S/C21H27N5O3/c1-3-17-15(12-22-21(27)18-6-5-9-29-18)19(24-14-7-10-28-11-8-14)16-13-23-26(4-2)20(16)25-17/h5-6,9,13-14H,3-4,7-8,10-12H2,1-2H3,(H,22,27)(H,24,25). The maximum Gasteiger partial charge on any atom is 0.287 e. The fourth-order valence-electron chi connectivity index (χ4n) is 3.76. The Balaban J connectivity index is 1.71. The monoisotopic (exact) mass is 397 g/mol. The first-order valence-corrected chi connectivity index (χ1v) is 10.2. The number of carbonyl (C=O) groups is 1. The maximum atomic E-state index is 12.4. The van der Waals surface area contributed by atoms with Crippen molar-refractivity contribution >= 4 is 22.6 Å². The SMILES string of the molecule is CCc1nc2c(cnn2CC)c(NC2CCOCC2)c1CNC(=O)c1ccco1. The van der Waals surface area contributed by atoms with E-state index in [4.69, 9.17) is 14.1 Å². The first kappa shape index (κ1) is 19.4. The van der Waals surface area contributed by atoms with Gasteiger partial charge in [0, 0.05) is 43.6 Å². The molecule has 2 N–H and O–H groups in total. The van der Waals surface area contributed by atoms with E-state index < -0.39 is 0 Å². The minimum Gasteiger partial charge on any atom is -0.459 e. The van der Waals surface area contributed by atoms with Crippen LogP contribution in [0.1, 0.15) is 48.5 Å². The largest absolute Gasteiger partial charge is 0.459 e. The molecule has 3 aromatic rings. The highest BCUT2D eigenvalue weighted by Gasteiger charge is 2.22. The van der Waals surface area contributed by atoms with Crippen LogP contribution in [0.4, 0.5) is 5.69 Å². The zero-order valence-corrected chi connectivity index (χ0v) is 16.9. The first-order valence-electron chi connectivity index (χ1n) is 10.2. The summed E-state index contributed by atoms with van der Waals surface area (Å²) in [5, 5.41) is 12.2. The Hall–Kier alpha value is -2.87. The Bertz CT molecular complexity index is 974. The number of ether oxygens (including phenoxy) is 1. The molecular weight excluding hydrogens is 370 g/mol. The molecule has 1 aliphatic heterocycles. The molecule has 8 heteroatoms. The van der Waals surface area contributed by atoms with Gasteiger partial charge in [-0.2, -0.15) is 5.10 Å². The van der Waals surface area contributed by atoms with Crippen LogP contribution in [-0.2, 0) is 24.2 Å². The molecule has 0 spiro atoms. The number of aromatic nitrogens is 3. The van der Waals surface area contributed by atoms with Crippen LogP contribution >= 0.6 is 0 Å². The molecule has 3 aromatic heterocycles. The number of amides is 1. The molecule has 0 radical (unpaired) electrons. The number of rotatable bonds is 7. The molecule has 8 nitrogen and oxygen atoms in total. The quantitative estimate of drug-likeness (QED) is 0.636. The van der Waals surface area contributed by atoms with Crippen molar-refractivity contribution in [2.24, 2.45) is 0 Å². The summed E-state index contributed by atoms with van der Waals surface area (Å²) >= 11 is 0. The summed E-state index contributed by atoms with van der Waals surface area (Å²) in [5.41, 5.74) is 3.85. The van der Waals surface area contributed by atoms with Crippen molar-refractivity contribution < 1.29 is 13.9 Å². The maximum absolute atomic E-state index is 12.4. The fraction of sp³-hybridized carbons (Fsp3) is 0.476. The van der Waals surface area contributed by atoms with Crippen molar-refractivity contribution in [3.05, 3.63) is 41.6 Å². The molecule has 154 valence electrons. The molecule has 1 amide bonds. The number of nitrogens with zero attached hydrogens (tertiary/aromatic N) is 3. The minimum absolute atomic E-state index is 0.238. The van der Waals surface area contributed by atoms with E-state index in [1.165, 1.54) is 6.26 Å². The van der Waals surface area contributed by atoms with Gasteiger partial charge in [-0.25, -0.2) is 9.67 Å². The summed E-state index contributed by atoms with van der Waals surface area (Å²) in [7, 11) is 0. The van der Waals surface area contributed by atoms with Gasteiger partial charge in [0.25, 0.3) is 5.91 Å². The van der Waals surface area contributed by atoms with Crippen LogP contribution in [0.5, 0.6) is 0 Å². The molecule has 29 heavy (non-hydrogen) atoms. The van der Waals surface area contributed by atoms with Gasteiger partial charge < -0.3 is 19.8 Å². The highest BCUT2D eigenvalue weighted by atomic mass is 16.5. The lowest BCUT2D eigenvalue weighted by molar-refractivity contribution is 0.0904. The predicted octanol–water partition coefficient (Wildman–Crippen LogP) is 3.13. The average molecular weight is 397 g/mol. The summed E-state index contributed by atoms with van der Waals surface area (Å²) in [6, 6.07) is 3.69. The fourth-order valence-corrected chi connectivity index (χ4v) is 3.76. The van der Waals surface area contributed by atoms with Gasteiger partial charge in [-0.3, -0.25) is 4.79 Å². The zero-order chi connectivity index (χ0) is 20.2. The lowest BCUT2D eigenvalue weighted by atomic mass is 10.0. The van der Waals surface area contributed by atoms with Gasteiger partial charge in [0.1, 0.15) is 0 Å². The van der Waals surface area contributed by atoms with Gasteiger partial charge in [0.15, 0.2) is 11.4 Å². The van der Waals surface area contributed by atoms with Gasteiger partial charge in [-0.1, -0.05) is 6.92 Å². The number of furan rings is 1. The third-order valence-corrected chi connectivity index (χ3v) is 5.35. The Kier molecular flexibility index (Phi) is 5.80. The molecule has 1 saturated heterocycles. The third-order valence-electron chi connectivity index (χ3n) is 5.35. The van der Waals surface area contributed by atoms with E-state index in [2.05, 4.69) is 29.6 Å². The molecule has 0 bridgehead atoms. The summed E-state index contributed by atoms with van der Waals surface area (Å²) < 4.78 is 12.6. The summed E-state index contributed by atoms with van der Waals surface area (Å²) in [4.78, 5) is 17.3. The number of pyridine rings is 1. The first-order chi connectivity index (χ1) is 14.2. The van der Waals surface area contributed by atoms with E-state index in [0.29, 0.717) is 18.3 Å². The zero-order valence-electron chi connectivity index (χ0n) is 16.9. The van der Waals surface area contributed by atoms with Gasteiger partial charge in [-0.15, -0.1) is 0 Å². The van der Waals surface area contributed by atoms with Crippen LogP contribution in [0.25, 0.3) is 11.0 Å². The van der Waals surface area contributed by atoms with E-state index in [9.17, 15) is 4.79 Å². The van der Waals surface area contributed by atoms with Crippen molar-refractivity contribution in [3.8, 4) is 0 Å². The van der Waals surface area contributed by atoms with E-state index in [-0.39, 0.29) is 5.91 Å². The van der Waals surface area contributed by atoms with E-state index in [0.717, 1.165) is 67.0 Å². The predicted molar refractivity (Wildman–Crippen MR) is 110 cm³/mol. The van der Waals surface area contributed by atoms with Crippen LogP contribution in [0.2, 0.25) is 0 Å². The molecule has 0 aromatic carbocycles. The van der Waals surface area contributed by atoms with Crippen LogP contribution in [0, 0.1) is 0 Å². The number of anilines is 1. The van der Waals surface area contributed by atoms with Gasteiger partial charge in [-0.05, 0) is 38.3 Å². The smallest absolute Gasteiger partial charge is 0.287 e. The summed E-state index contributed by atoms with van der Waals surface area (Å²) in [6.45, 7) is 6.77. The van der Waals surface area contributed by atoms with Crippen LogP contribution in [-0.4, -0.2) is 39.9 Å². The molecule has 4 heterocycles. The van der Waals surface area contributed by atoms with Gasteiger partial charge in [0.2, 0.25) is 0 Å². The highest BCUT2D eigenvalue weighted by Crippen LogP contribution is 2.31. The van der Waals surface area contributed by atoms with Crippen molar-refractivity contribution in [3.63, 3.8) is 0 Å². The van der Waals surface area contributed by atoms with Gasteiger partial charge >= 0.3 is 0 Å². The Morgan fingerprint density at radius 1 is 1.31 bits per heavy atom. The molecule has 0 aliphatic carbocycles. The van der Waals surface area contributed by atoms with Gasteiger partial charge in [0.05, 0.1) is 23.5 Å². The molecule has 0 unspecified atom stereocenters. The molecular formula is C21H27N5O3. The minimum atomic E-state index is -0.238. The van der Waals surface area contributed by atoms with E-state index >= 15 is 0 Å². The topological polar surface area (TPSA) is 94.2 Å². The highest BCUT2D eigenvalue weighted by molar-refractivity contribution is 5.93. The molecule has 0 saturated carbocycles. The van der Waals surface area contributed by atoms with Crippen molar-refractivity contribution in [1.82, 2.24) is 20.1 Å². The lowest BCUT2D eigenvalue weighted by Gasteiger charge is -2.26. The second-order valence-corrected chi connectivity index (χ2v) is 7.15. The summed E-state index contributed by atoms with van der Waals surface area (Å²) in [5.74, 6) is 0.0632. The third kappa shape index (κ3) is 3.98. The number of hydrogen-bond acceptors (Lipinski definition) is 6.